The van der Waals surface area contributed by atoms with Gasteiger partial charge in [-0.2, -0.15) is 0 Å². The summed E-state index contributed by atoms with van der Waals surface area (Å²) in [6.45, 7) is 11.3. The zero-order chi connectivity index (χ0) is 7.44. The summed E-state index contributed by atoms with van der Waals surface area (Å²) in [5.74, 6) is 3.23. The van der Waals surface area contributed by atoms with Crippen molar-refractivity contribution in [1.82, 2.24) is 0 Å². The molecule has 0 aliphatic rings. The topological polar surface area (TPSA) is 0 Å². The third kappa shape index (κ3) is 2.88. The van der Waals surface area contributed by atoms with Crippen LogP contribution in [-0.2, 0) is 0 Å². The molecular weight excluding hydrogens is 108 g/mol. The molecule has 0 saturated carbocycles. The van der Waals surface area contributed by atoms with Crippen LogP contribution in [-0.4, -0.2) is 0 Å². The summed E-state index contributed by atoms with van der Waals surface area (Å²) in [5.41, 5.74) is 0. The van der Waals surface area contributed by atoms with Crippen molar-refractivity contribution in [2.75, 3.05) is 0 Å². The predicted molar refractivity (Wildman–Crippen MR) is 43.2 cm³/mol. The van der Waals surface area contributed by atoms with Gasteiger partial charge in [0, 0.05) is 0 Å². The van der Waals surface area contributed by atoms with Gasteiger partial charge in [0.1, 0.15) is 0 Å². The molecule has 1 radical (unpaired) electrons. The number of rotatable bonds is 3. The van der Waals surface area contributed by atoms with E-state index in [2.05, 4.69) is 34.6 Å². The van der Waals surface area contributed by atoms with Gasteiger partial charge in [0.15, 0.2) is 0 Å². The SMILES string of the molecule is CCC([C](C)C)C(C)C. The Kier molecular flexibility index (Phi) is 3.92. The van der Waals surface area contributed by atoms with Crippen LogP contribution in [0.15, 0.2) is 0 Å². The Labute approximate surface area is 59.7 Å². The molecular formula is C9H19. The van der Waals surface area contributed by atoms with Crippen molar-refractivity contribution >= 4 is 0 Å². The second-order valence-corrected chi connectivity index (χ2v) is 3.34. The van der Waals surface area contributed by atoms with Crippen molar-refractivity contribution in [2.24, 2.45) is 11.8 Å². The van der Waals surface area contributed by atoms with Crippen molar-refractivity contribution in [1.29, 1.82) is 0 Å². The van der Waals surface area contributed by atoms with Gasteiger partial charge in [-0.1, -0.05) is 41.0 Å². The molecule has 1 unspecified atom stereocenters. The van der Waals surface area contributed by atoms with E-state index in [9.17, 15) is 0 Å². The van der Waals surface area contributed by atoms with Crippen LogP contribution < -0.4 is 0 Å². The Hall–Kier alpha value is 0. The average Bonchev–Trinajstić information content (AvgIpc) is 1.64. The van der Waals surface area contributed by atoms with Crippen molar-refractivity contribution < 1.29 is 0 Å². The highest BCUT2D eigenvalue weighted by molar-refractivity contribution is 4.87. The number of hydrogen-bond donors (Lipinski definition) is 0. The molecule has 55 valence electrons. The van der Waals surface area contributed by atoms with Gasteiger partial charge in [-0.05, 0) is 17.8 Å². The molecule has 0 heterocycles. The lowest BCUT2D eigenvalue weighted by molar-refractivity contribution is 0.390. The largest absolute Gasteiger partial charge is 0.0651 e. The Morgan fingerprint density at radius 2 is 1.67 bits per heavy atom. The minimum absolute atomic E-state index is 0.819. The van der Waals surface area contributed by atoms with Crippen LogP contribution in [0.1, 0.15) is 41.0 Å². The van der Waals surface area contributed by atoms with Crippen LogP contribution in [0, 0.1) is 17.8 Å². The van der Waals surface area contributed by atoms with Gasteiger partial charge in [-0.3, -0.25) is 0 Å². The minimum Gasteiger partial charge on any atom is -0.0651 e. The molecule has 0 aliphatic carbocycles. The molecule has 0 aliphatic heterocycles. The van der Waals surface area contributed by atoms with Gasteiger partial charge in [0.2, 0.25) is 0 Å². The molecule has 0 saturated heterocycles. The fraction of sp³-hybridized carbons (Fsp3) is 0.889. The fourth-order valence-corrected chi connectivity index (χ4v) is 1.55. The van der Waals surface area contributed by atoms with E-state index in [0.717, 1.165) is 11.8 Å². The lowest BCUT2D eigenvalue weighted by Gasteiger charge is -2.22. The molecule has 0 fully saturated rings. The van der Waals surface area contributed by atoms with Gasteiger partial charge in [0.05, 0.1) is 0 Å². The molecule has 0 aromatic heterocycles. The van der Waals surface area contributed by atoms with E-state index in [1.807, 2.05) is 0 Å². The van der Waals surface area contributed by atoms with Gasteiger partial charge >= 0.3 is 0 Å². The van der Waals surface area contributed by atoms with E-state index in [1.165, 1.54) is 6.42 Å². The molecule has 0 amide bonds. The highest BCUT2D eigenvalue weighted by atomic mass is 14.2. The molecule has 0 rings (SSSR count). The van der Waals surface area contributed by atoms with Crippen molar-refractivity contribution in [3.05, 3.63) is 5.92 Å². The molecule has 9 heavy (non-hydrogen) atoms. The molecule has 0 aromatic carbocycles. The molecule has 0 bridgehead atoms. The lowest BCUT2D eigenvalue weighted by Crippen LogP contribution is -2.12. The van der Waals surface area contributed by atoms with Crippen LogP contribution in [0.2, 0.25) is 0 Å². The average molecular weight is 127 g/mol. The first-order valence-corrected chi connectivity index (χ1v) is 3.89. The van der Waals surface area contributed by atoms with E-state index in [1.54, 1.807) is 5.92 Å². The summed E-state index contributed by atoms with van der Waals surface area (Å²) in [6, 6.07) is 0. The summed E-state index contributed by atoms with van der Waals surface area (Å²) < 4.78 is 0. The Morgan fingerprint density at radius 1 is 1.22 bits per heavy atom. The molecule has 0 N–H and O–H groups in total. The molecule has 1 atom stereocenters. The lowest BCUT2D eigenvalue weighted by atomic mass is 9.84. The second kappa shape index (κ2) is 3.92. The quantitative estimate of drug-likeness (QED) is 0.545. The van der Waals surface area contributed by atoms with Crippen LogP contribution in [0.25, 0.3) is 0 Å². The molecule has 0 nitrogen and oxygen atoms in total. The first-order chi connectivity index (χ1) is 4.09. The summed E-state index contributed by atoms with van der Waals surface area (Å²) in [4.78, 5) is 0. The second-order valence-electron chi connectivity index (χ2n) is 3.34. The van der Waals surface area contributed by atoms with Crippen molar-refractivity contribution in [3.63, 3.8) is 0 Å². The zero-order valence-electron chi connectivity index (χ0n) is 7.36. The van der Waals surface area contributed by atoms with Crippen LogP contribution in [0.5, 0.6) is 0 Å². The van der Waals surface area contributed by atoms with E-state index in [-0.39, 0.29) is 0 Å². The van der Waals surface area contributed by atoms with Gasteiger partial charge in [-0.25, -0.2) is 0 Å². The Balaban J connectivity index is 3.68. The standard InChI is InChI=1S/C9H19/c1-6-9(7(2)3)8(4)5/h7,9H,6H2,1-5H3. The van der Waals surface area contributed by atoms with Gasteiger partial charge in [0.25, 0.3) is 0 Å². The third-order valence-corrected chi connectivity index (χ3v) is 1.99. The van der Waals surface area contributed by atoms with Gasteiger partial charge in [-0.15, -0.1) is 0 Å². The van der Waals surface area contributed by atoms with Crippen molar-refractivity contribution in [3.8, 4) is 0 Å². The maximum atomic E-state index is 2.29. The normalized spacial score (nSPS) is 12.0. The van der Waals surface area contributed by atoms with E-state index < -0.39 is 0 Å². The smallest absolute Gasteiger partial charge is 0.0270 e. The molecule has 0 spiro atoms. The minimum atomic E-state index is 0.819. The fourth-order valence-electron chi connectivity index (χ4n) is 1.55. The summed E-state index contributed by atoms with van der Waals surface area (Å²) in [6.07, 6.45) is 1.29. The zero-order valence-corrected chi connectivity index (χ0v) is 7.36. The summed E-state index contributed by atoms with van der Waals surface area (Å²) in [7, 11) is 0. The van der Waals surface area contributed by atoms with Gasteiger partial charge < -0.3 is 0 Å². The third-order valence-electron chi connectivity index (χ3n) is 1.99. The summed E-state index contributed by atoms with van der Waals surface area (Å²) >= 11 is 0. The van der Waals surface area contributed by atoms with E-state index in [0.29, 0.717) is 0 Å². The maximum absolute atomic E-state index is 2.29. The molecule has 0 aromatic rings. The Bertz CT molecular complexity index is 54.4. The first kappa shape index (κ1) is 9.00. The van der Waals surface area contributed by atoms with E-state index >= 15 is 0 Å². The maximum Gasteiger partial charge on any atom is -0.0270 e. The first-order valence-electron chi connectivity index (χ1n) is 3.89. The monoisotopic (exact) mass is 127 g/mol. The number of hydrogen-bond acceptors (Lipinski definition) is 0. The summed E-state index contributed by atoms with van der Waals surface area (Å²) in [5, 5.41) is 0. The Morgan fingerprint density at radius 3 is 1.67 bits per heavy atom. The van der Waals surface area contributed by atoms with Crippen molar-refractivity contribution in [2.45, 2.75) is 41.0 Å². The van der Waals surface area contributed by atoms with Crippen LogP contribution in [0.3, 0.4) is 0 Å². The van der Waals surface area contributed by atoms with E-state index in [4.69, 9.17) is 0 Å². The molecule has 0 heteroatoms. The van der Waals surface area contributed by atoms with Crippen LogP contribution in [0.4, 0.5) is 0 Å². The predicted octanol–water partition coefficient (Wildman–Crippen LogP) is 3.28. The van der Waals surface area contributed by atoms with Crippen LogP contribution >= 0.6 is 0 Å². The highest BCUT2D eigenvalue weighted by Gasteiger charge is 2.14. The highest BCUT2D eigenvalue weighted by Crippen LogP contribution is 2.24.